The minimum absolute atomic E-state index is 0.00302. The number of allylic oxidation sites excluding steroid dienone is 2. The quantitative estimate of drug-likeness (QED) is 0.814. The number of halogens is 3. The molecule has 2 aliphatic rings. The Morgan fingerprint density at radius 3 is 2.79 bits per heavy atom. The first kappa shape index (κ1) is 17.0. The minimum atomic E-state index is -2.19. The molecule has 4 N–H and O–H groups in total. The highest BCUT2D eigenvalue weighted by Gasteiger charge is 2.43. The van der Waals surface area contributed by atoms with E-state index in [0.717, 1.165) is 25.0 Å². The molecular formula is C16H19ClF2N4O. The van der Waals surface area contributed by atoms with Crippen LogP contribution in [0.25, 0.3) is 0 Å². The van der Waals surface area contributed by atoms with Crippen LogP contribution in [-0.2, 0) is 10.5 Å². The number of rotatable bonds is 3. The molecule has 1 saturated heterocycles. The van der Waals surface area contributed by atoms with Crippen molar-refractivity contribution >= 4 is 17.4 Å². The third kappa shape index (κ3) is 2.93. The number of nitrogens with two attached hydrogens (primary N) is 2. The van der Waals surface area contributed by atoms with E-state index in [9.17, 15) is 4.39 Å². The zero-order chi connectivity index (χ0) is 17.3. The van der Waals surface area contributed by atoms with Crippen molar-refractivity contribution in [3.05, 3.63) is 46.6 Å². The van der Waals surface area contributed by atoms with Crippen LogP contribution in [0.2, 0.25) is 5.02 Å². The van der Waals surface area contributed by atoms with Crippen molar-refractivity contribution in [3.8, 4) is 0 Å². The summed E-state index contributed by atoms with van der Waals surface area (Å²) in [6, 6.07) is 1.43. The first-order chi connectivity index (χ1) is 11.4. The van der Waals surface area contributed by atoms with E-state index in [-0.39, 0.29) is 34.7 Å². The van der Waals surface area contributed by atoms with Crippen LogP contribution < -0.4 is 11.5 Å². The Kier molecular flexibility index (Phi) is 4.64. The Morgan fingerprint density at radius 2 is 2.08 bits per heavy atom. The second kappa shape index (κ2) is 6.57. The van der Waals surface area contributed by atoms with E-state index in [1.54, 1.807) is 0 Å². The molecule has 5 nitrogen and oxygen atoms in total. The number of anilines is 1. The van der Waals surface area contributed by atoms with Crippen molar-refractivity contribution in [2.45, 2.75) is 18.6 Å². The lowest BCUT2D eigenvalue weighted by Crippen LogP contribution is -2.48. The molecule has 0 aliphatic carbocycles. The first-order valence-electron chi connectivity index (χ1n) is 7.72. The van der Waals surface area contributed by atoms with Gasteiger partial charge in [-0.05, 0) is 37.0 Å². The maximum absolute atomic E-state index is 15.9. The third-order valence-corrected chi connectivity index (χ3v) is 4.85. The van der Waals surface area contributed by atoms with Gasteiger partial charge in [0.1, 0.15) is 11.6 Å². The predicted molar refractivity (Wildman–Crippen MR) is 88.2 cm³/mol. The van der Waals surface area contributed by atoms with Crippen molar-refractivity contribution in [3.63, 3.8) is 0 Å². The molecule has 1 unspecified atom stereocenters. The van der Waals surface area contributed by atoms with E-state index in [2.05, 4.69) is 4.98 Å². The van der Waals surface area contributed by atoms with Crippen LogP contribution >= 0.6 is 11.6 Å². The molecule has 130 valence electrons. The Labute approximate surface area is 143 Å². The van der Waals surface area contributed by atoms with Crippen LogP contribution in [0.15, 0.2) is 36.1 Å². The molecule has 1 aromatic heterocycles. The minimum Gasteiger partial charge on any atom is -0.383 e. The molecule has 0 amide bonds. The van der Waals surface area contributed by atoms with Gasteiger partial charge in [0.15, 0.2) is 5.83 Å². The van der Waals surface area contributed by atoms with Crippen molar-refractivity contribution in [2.24, 2.45) is 11.7 Å². The van der Waals surface area contributed by atoms with Crippen LogP contribution in [-0.4, -0.2) is 29.6 Å². The Bertz CT molecular complexity index is 691. The largest absolute Gasteiger partial charge is 0.383 e. The van der Waals surface area contributed by atoms with Gasteiger partial charge < -0.3 is 21.1 Å². The molecule has 0 radical (unpaired) electrons. The average Bonchev–Trinajstić information content (AvgIpc) is 2.59. The van der Waals surface area contributed by atoms with E-state index in [1.165, 1.54) is 17.2 Å². The molecule has 1 aromatic rings. The summed E-state index contributed by atoms with van der Waals surface area (Å²) in [6.07, 6.45) is 5.01. The SMILES string of the molecule is NC1=C(F)C=CC(F)(c2ccnc(N)c2Cl)N1CC1CCOCC1. The summed E-state index contributed by atoms with van der Waals surface area (Å²) in [5.41, 5.74) is 11.6. The van der Waals surface area contributed by atoms with Gasteiger partial charge in [-0.25, -0.2) is 13.8 Å². The van der Waals surface area contributed by atoms with Gasteiger partial charge in [0.2, 0.25) is 5.79 Å². The number of alkyl halides is 1. The van der Waals surface area contributed by atoms with Gasteiger partial charge in [0, 0.05) is 31.5 Å². The molecule has 1 atom stereocenters. The van der Waals surface area contributed by atoms with Crippen molar-refractivity contribution in [2.75, 3.05) is 25.5 Å². The highest BCUT2D eigenvalue weighted by molar-refractivity contribution is 6.33. The fourth-order valence-corrected chi connectivity index (χ4v) is 3.29. The van der Waals surface area contributed by atoms with E-state index in [0.29, 0.717) is 13.2 Å². The summed E-state index contributed by atoms with van der Waals surface area (Å²) in [6.45, 7) is 1.45. The Hall–Kier alpha value is -1.86. The highest BCUT2D eigenvalue weighted by atomic mass is 35.5. The molecule has 0 spiro atoms. The van der Waals surface area contributed by atoms with Crippen LogP contribution in [0.4, 0.5) is 14.6 Å². The molecule has 24 heavy (non-hydrogen) atoms. The fourth-order valence-electron chi connectivity index (χ4n) is 3.05. The maximum atomic E-state index is 15.9. The molecule has 0 aromatic carbocycles. The average molecular weight is 357 g/mol. The summed E-state index contributed by atoms with van der Waals surface area (Å²) in [4.78, 5) is 5.05. The van der Waals surface area contributed by atoms with Gasteiger partial charge in [0.25, 0.3) is 0 Å². The Morgan fingerprint density at radius 1 is 1.38 bits per heavy atom. The second-order valence-corrected chi connectivity index (χ2v) is 6.34. The fraction of sp³-hybridized carbons (Fsp3) is 0.438. The summed E-state index contributed by atoms with van der Waals surface area (Å²) >= 11 is 6.15. The number of nitrogens with zero attached hydrogens (tertiary/aromatic N) is 2. The van der Waals surface area contributed by atoms with Gasteiger partial charge >= 0.3 is 0 Å². The van der Waals surface area contributed by atoms with E-state index >= 15 is 4.39 Å². The van der Waals surface area contributed by atoms with Crippen LogP contribution in [0.5, 0.6) is 0 Å². The van der Waals surface area contributed by atoms with Gasteiger partial charge in [-0.2, -0.15) is 0 Å². The summed E-state index contributed by atoms with van der Waals surface area (Å²) in [5.74, 6) is -2.96. The lowest BCUT2D eigenvalue weighted by molar-refractivity contribution is -0.00769. The lowest BCUT2D eigenvalue weighted by atomic mass is 9.94. The highest BCUT2D eigenvalue weighted by Crippen LogP contribution is 2.43. The number of ether oxygens (including phenoxy) is 1. The summed E-state index contributed by atoms with van der Waals surface area (Å²) in [7, 11) is 0. The van der Waals surface area contributed by atoms with Gasteiger partial charge in [0.05, 0.1) is 5.02 Å². The van der Waals surface area contributed by atoms with E-state index in [1.807, 2.05) is 0 Å². The monoisotopic (exact) mass is 356 g/mol. The normalized spacial score (nSPS) is 25.4. The molecule has 2 aliphatic heterocycles. The van der Waals surface area contributed by atoms with Crippen molar-refractivity contribution in [1.82, 2.24) is 9.88 Å². The number of aromatic nitrogens is 1. The molecule has 3 heterocycles. The number of hydrogen-bond donors (Lipinski definition) is 2. The lowest BCUT2D eigenvalue weighted by Gasteiger charge is -2.42. The molecular weight excluding hydrogens is 338 g/mol. The second-order valence-electron chi connectivity index (χ2n) is 5.96. The maximum Gasteiger partial charge on any atom is 0.230 e. The van der Waals surface area contributed by atoms with Crippen molar-refractivity contribution < 1.29 is 13.5 Å². The van der Waals surface area contributed by atoms with Crippen LogP contribution in [0.3, 0.4) is 0 Å². The first-order valence-corrected chi connectivity index (χ1v) is 8.10. The smallest absolute Gasteiger partial charge is 0.230 e. The number of hydrogen-bond acceptors (Lipinski definition) is 5. The standard InChI is InChI=1S/C16H19ClF2N4O/c17-13-11(2-6-22-14(13)20)16(19)5-1-12(18)15(21)23(16)9-10-3-7-24-8-4-10/h1-2,5-6,10H,3-4,7-9,21H2,(H2,20,22). The van der Waals surface area contributed by atoms with E-state index in [4.69, 9.17) is 27.8 Å². The third-order valence-electron chi connectivity index (χ3n) is 4.45. The van der Waals surface area contributed by atoms with Crippen molar-refractivity contribution in [1.29, 1.82) is 0 Å². The van der Waals surface area contributed by atoms with E-state index < -0.39 is 11.6 Å². The van der Waals surface area contributed by atoms with Crippen LogP contribution in [0, 0.1) is 5.92 Å². The zero-order valence-electron chi connectivity index (χ0n) is 13.0. The molecule has 0 bridgehead atoms. The predicted octanol–water partition coefficient (Wildman–Crippen LogP) is 2.84. The molecule has 0 saturated carbocycles. The summed E-state index contributed by atoms with van der Waals surface area (Å²) in [5, 5.41) is -0.00302. The molecule has 8 heteroatoms. The Balaban J connectivity index is 2.00. The topological polar surface area (TPSA) is 77.4 Å². The number of pyridine rings is 1. The number of nitrogen functional groups attached to an aromatic ring is 1. The van der Waals surface area contributed by atoms with Gasteiger partial charge in [-0.3, -0.25) is 0 Å². The van der Waals surface area contributed by atoms with Crippen LogP contribution in [0.1, 0.15) is 18.4 Å². The zero-order valence-corrected chi connectivity index (χ0v) is 13.8. The summed E-state index contributed by atoms with van der Waals surface area (Å²) < 4.78 is 35.3. The van der Waals surface area contributed by atoms with Gasteiger partial charge in [-0.1, -0.05) is 11.6 Å². The van der Waals surface area contributed by atoms with Gasteiger partial charge in [-0.15, -0.1) is 0 Å². The molecule has 1 fully saturated rings. The molecule has 3 rings (SSSR count).